The number of carboxylic acid groups (broad SMARTS) is 1. The highest BCUT2D eigenvalue weighted by atomic mass is 35.5. The molecule has 138 valence electrons. The van der Waals surface area contributed by atoms with Crippen molar-refractivity contribution in [3.8, 4) is 10.4 Å². The van der Waals surface area contributed by atoms with Crippen LogP contribution in [0.25, 0.3) is 10.4 Å². The molecule has 0 fully saturated rings. The Kier molecular flexibility index (Phi) is 5.83. The van der Waals surface area contributed by atoms with Gasteiger partial charge in [-0.05, 0) is 36.2 Å². The molecule has 0 aliphatic carbocycles. The quantitative estimate of drug-likeness (QED) is 0.574. The molecular weight excluding hydrogens is 391 g/mol. The first kappa shape index (κ1) is 19.0. The Morgan fingerprint density at radius 2 is 2.07 bits per heavy atom. The molecule has 8 heteroatoms. The fourth-order valence-corrected chi connectivity index (χ4v) is 3.64. The van der Waals surface area contributed by atoms with Crippen molar-refractivity contribution in [3.63, 3.8) is 0 Å². The maximum atomic E-state index is 13.2. The number of aromatic nitrogens is 1. The molecule has 2 N–H and O–H groups in total. The largest absolute Gasteiger partial charge is 0.478 e. The molecule has 27 heavy (non-hydrogen) atoms. The molecule has 3 rings (SSSR count). The number of nitrogens with zero attached hydrogens (tertiary/aromatic N) is 1. The van der Waals surface area contributed by atoms with Gasteiger partial charge in [0.2, 0.25) is 5.91 Å². The second kappa shape index (κ2) is 8.28. The van der Waals surface area contributed by atoms with Gasteiger partial charge in [-0.2, -0.15) is 0 Å². The van der Waals surface area contributed by atoms with E-state index in [9.17, 15) is 19.1 Å². The number of nitrogens with one attached hydrogen (secondary N) is 1. The van der Waals surface area contributed by atoms with E-state index < -0.39 is 5.97 Å². The average molecular weight is 405 g/mol. The minimum absolute atomic E-state index is 0.00299. The number of pyridine rings is 1. The Balaban J connectivity index is 1.75. The van der Waals surface area contributed by atoms with Crippen molar-refractivity contribution >= 4 is 40.5 Å². The number of hydrogen-bond acceptors (Lipinski definition) is 4. The van der Waals surface area contributed by atoms with Crippen LogP contribution in [-0.4, -0.2) is 22.0 Å². The van der Waals surface area contributed by atoms with Gasteiger partial charge in [-0.1, -0.05) is 23.7 Å². The molecule has 0 spiro atoms. The van der Waals surface area contributed by atoms with Crippen molar-refractivity contribution < 1.29 is 19.1 Å². The molecule has 2 aromatic heterocycles. The highest BCUT2D eigenvalue weighted by Gasteiger charge is 2.21. The van der Waals surface area contributed by atoms with E-state index in [0.717, 1.165) is 0 Å². The third-order valence-electron chi connectivity index (χ3n) is 3.80. The summed E-state index contributed by atoms with van der Waals surface area (Å²) < 4.78 is 13.2. The second-order valence-corrected chi connectivity index (χ2v) is 6.97. The molecule has 3 aromatic rings. The minimum Gasteiger partial charge on any atom is -0.478 e. The van der Waals surface area contributed by atoms with Crippen LogP contribution in [0.5, 0.6) is 0 Å². The highest BCUT2D eigenvalue weighted by molar-refractivity contribution is 7.14. The minimum atomic E-state index is -1.15. The summed E-state index contributed by atoms with van der Waals surface area (Å²) in [5.41, 5.74) is 1.52. The lowest BCUT2D eigenvalue weighted by molar-refractivity contribution is -0.116. The van der Waals surface area contributed by atoms with Crippen LogP contribution in [0.4, 0.5) is 10.1 Å². The zero-order chi connectivity index (χ0) is 19.4. The second-order valence-electron chi connectivity index (χ2n) is 5.71. The molecular formula is C19H14ClFN2O3S. The van der Waals surface area contributed by atoms with Crippen LogP contribution >= 0.6 is 22.9 Å². The SMILES string of the molecule is O=C(CCc1cccc(F)c1)Nc1csc(-c2ccc(Cl)nc2)c1C(=O)O. The Hall–Kier alpha value is -2.77. The molecule has 0 aliphatic rings. The molecule has 0 unspecified atom stereocenters. The van der Waals surface area contributed by atoms with Gasteiger partial charge in [-0.15, -0.1) is 11.3 Å². The van der Waals surface area contributed by atoms with Crippen LogP contribution in [0, 0.1) is 5.82 Å². The first-order valence-electron chi connectivity index (χ1n) is 7.95. The number of aryl methyl sites for hydroxylation is 1. The number of anilines is 1. The normalized spacial score (nSPS) is 10.6. The number of thiophene rings is 1. The lowest BCUT2D eigenvalue weighted by Gasteiger charge is -2.06. The molecule has 0 saturated carbocycles. The van der Waals surface area contributed by atoms with E-state index in [1.54, 1.807) is 29.6 Å². The lowest BCUT2D eigenvalue weighted by Crippen LogP contribution is -2.14. The molecule has 0 aliphatic heterocycles. The fraction of sp³-hybridized carbons (Fsp3) is 0.105. The van der Waals surface area contributed by atoms with E-state index in [-0.39, 0.29) is 29.4 Å². The highest BCUT2D eigenvalue weighted by Crippen LogP contribution is 2.36. The van der Waals surface area contributed by atoms with Gasteiger partial charge in [-0.25, -0.2) is 14.2 Å². The molecule has 1 amide bonds. The van der Waals surface area contributed by atoms with Gasteiger partial charge >= 0.3 is 5.97 Å². The number of hydrogen-bond donors (Lipinski definition) is 2. The van der Waals surface area contributed by atoms with Crippen LogP contribution < -0.4 is 5.32 Å². The van der Waals surface area contributed by atoms with Crippen molar-refractivity contribution in [2.24, 2.45) is 0 Å². The summed E-state index contributed by atoms with van der Waals surface area (Å²) in [6.45, 7) is 0. The standard InChI is InChI=1S/C19H14ClFN2O3S/c20-15-6-5-12(9-22-15)18-17(19(25)26)14(10-27-18)23-16(24)7-4-11-2-1-3-13(21)8-11/h1-3,5-6,8-10H,4,7H2,(H,23,24)(H,25,26). The van der Waals surface area contributed by atoms with E-state index in [1.807, 2.05) is 0 Å². The van der Waals surface area contributed by atoms with Crippen molar-refractivity contribution in [1.29, 1.82) is 0 Å². The number of benzene rings is 1. The van der Waals surface area contributed by atoms with Crippen molar-refractivity contribution in [2.75, 3.05) is 5.32 Å². The zero-order valence-electron chi connectivity index (χ0n) is 13.9. The van der Waals surface area contributed by atoms with Gasteiger partial charge in [0, 0.05) is 23.6 Å². The van der Waals surface area contributed by atoms with Gasteiger partial charge in [0.05, 0.1) is 10.6 Å². The van der Waals surface area contributed by atoms with E-state index in [1.165, 1.54) is 29.7 Å². The molecule has 1 aromatic carbocycles. The number of aromatic carboxylic acids is 1. The van der Waals surface area contributed by atoms with Gasteiger partial charge in [0.1, 0.15) is 16.5 Å². The Labute approximate surface area is 163 Å². The van der Waals surface area contributed by atoms with Gasteiger partial charge < -0.3 is 10.4 Å². The summed E-state index contributed by atoms with van der Waals surface area (Å²) >= 11 is 6.96. The predicted octanol–water partition coefficient (Wildman–Crippen LogP) is 4.87. The molecule has 0 radical (unpaired) electrons. The van der Waals surface area contributed by atoms with Gasteiger partial charge in [0.15, 0.2) is 0 Å². The van der Waals surface area contributed by atoms with E-state index in [4.69, 9.17) is 11.6 Å². The van der Waals surface area contributed by atoms with E-state index in [2.05, 4.69) is 10.3 Å². The summed E-state index contributed by atoms with van der Waals surface area (Å²) in [7, 11) is 0. The zero-order valence-corrected chi connectivity index (χ0v) is 15.5. The topological polar surface area (TPSA) is 79.3 Å². The van der Waals surface area contributed by atoms with Crippen LogP contribution in [0.15, 0.2) is 48.0 Å². The molecule has 2 heterocycles. The number of halogens is 2. The number of carbonyl (C=O) groups is 2. The monoisotopic (exact) mass is 404 g/mol. The maximum absolute atomic E-state index is 13.2. The lowest BCUT2D eigenvalue weighted by atomic mass is 10.1. The fourth-order valence-electron chi connectivity index (χ4n) is 2.55. The summed E-state index contributed by atoms with van der Waals surface area (Å²) in [4.78, 5) is 28.4. The van der Waals surface area contributed by atoms with Crippen molar-refractivity contribution in [2.45, 2.75) is 12.8 Å². The predicted molar refractivity (Wildman–Crippen MR) is 103 cm³/mol. The summed E-state index contributed by atoms with van der Waals surface area (Å²) in [6.07, 6.45) is 1.94. The average Bonchev–Trinajstić information content (AvgIpc) is 3.04. The molecule has 0 bridgehead atoms. The van der Waals surface area contributed by atoms with Gasteiger partial charge in [0.25, 0.3) is 0 Å². The van der Waals surface area contributed by atoms with Crippen molar-refractivity contribution in [3.05, 3.63) is 70.1 Å². The van der Waals surface area contributed by atoms with E-state index >= 15 is 0 Å². The van der Waals surface area contributed by atoms with Crippen LogP contribution in [0.1, 0.15) is 22.3 Å². The third kappa shape index (κ3) is 4.69. The first-order valence-corrected chi connectivity index (χ1v) is 9.21. The van der Waals surface area contributed by atoms with Crippen molar-refractivity contribution in [1.82, 2.24) is 4.98 Å². The van der Waals surface area contributed by atoms with Gasteiger partial charge in [-0.3, -0.25) is 4.79 Å². The molecule has 5 nitrogen and oxygen atoms in total. The summed E-state index contributed by atoms with van der Waals surface area (Å²) in [5, 5.41) is 14.1. The molecule has 0 saturated heterocycles. The summed E-state index contributed by atoms with van der Waals surface area (Å²) in [5.74, 6) is -1.86. The number of amides is 1. The number of carbonyl (C=O) groups excluding carboxylic acids is 1. The smallest absolute Gasteiger partial charge is 0.339 e. The van der Waals surface area contributed by atoms with Crippen LogP contribution in [0.3, 0.4) is 0 Å². The maximum Gasteiger partial charge on any atom is 0.339 e. The van der Waals surface area contributed by atoms with Crippen LogP contribution in [-0.2, 0) is 11.2 Å². The Morgan fingerprint density at radius 1 is 1.26 bits per heavy atom. The number of rotatable bonds is 6. The Bertz CT molecular complexity index is 989. The van der Waals surface area contributed by atoms with E-state index in [0.29, 0.717) is 27.6 Å². The first-order chi connectivity index (χ1) is 12.9. The number of carboxylic acids is 1. The summed E-state index contributed by atoms with van der Waals surface area (Å²) in [6, 6.07) is 9.25. The third-order valence-corrected chi connectivity index (χ3v) is 5.05. The Morgan fingerprint density at radius 3 is 2.74 bits per heavy atom. The molecule has 0 atom stereocenters. The van der Waals surface area contributed by atoms with Crippen LogP contribution in [0.2, 0.25) is 5.15 Å².